The van der Waals surface area contributed by atoms with Crippen molar-refractivity contribution in [1.29, 1.82) is 0 Å². The molecular formula is C23H21Cl2N5O5S. The molecule has 1 atom stereocenters. The average Bonchev–Trinajstić information content (AvgIpc) is 2.79. The predicted molar refractivity (Wildman–Crippen MR) is 138 cm³/mol. The van der Waals surface area contributed by atoms with Gasteiger partial charge in [-0.3, -0.25) is 9.59 Å². The molecule has 10 nitrogen and oxygen atoms in total. The highest BCUT2D eigenvalue weighted by Crippen LogP contribution is 2.23. The number of carboxylic acid groups (broad SMARTS) is 1. The lowest BCUT2D eigenvalue weighted by atomic mass is 10.1. The Hall–Kier alpha value is -3.64. The minimum Gasteiger partial charge on any atom is -0.480 e. The first-order valence-electron chi connectivity index (χ1n) is 10.2. The lowest BCUT2D eigenvalue weighted by molar-refractivity contribution is -0.138. The minimum absolute atomic E-state index is 0.0929. The zero-order valence-corrected chi connectivity index (χ0v) is 20.8. The molecule has 36 heavy (non-hydrogen) atoms. The van der Waals surface area contributed by atoms with Gasteiger partial charge in [0.15, 0.2) is 5.96 Å². The molecule has 7 N–H and O–H groups in total. The van der Waals surface area contributed by atoms with E-state index >= 15 is 0 Å². The Morgan fingerprint density at radius 3 is 2.19 bits per heavy atom. The number of carbonyl (C=O) groups excluding carboxylic acids is 1. The maximum absolute atomic E-state index is 12.7. The standard InChI is InChI=1S/C23H21Cl2N5O5S/c24-15-10-16(25)12-19(11-15)36(34,35)30-20(22(32)33)8-13-4-6-17(7-5-13)28-21(31)14-2-1-3-18(9-14)29-23(26)27/h1-7,9-12,20,30H,8H2,(H,28,31)(H,32,33)(H4,26,27,29). The number of anilines is 1. The Morgan fingerprint density at radius 2 is 1.61 bits per heavy atom. The number of hydrogen-bond donors (Lipinski definition) is 5. The Morgan fingerprint density at radius 1 is 0.972 bits per heavy atom. The van der Waals surface area contributed by atoms with Crippen LogP contribution in [0.25, 0.3) is 0 Å². The molecule has 0 aliphatic heterocycles. The first-order chi connectivity index (χ1) is 16.9. The van der Waals surface area contributed by atoms with Crippen molar-refractivity contribution >= 4 is 62.4 Å². The van der Waals surface area contributed by atoms with Gasteiger partial charge in [0.1, 0.15) is 6.04 Å². The summed E-state index contributed by atoms with van der Waals surface area (Å²) in [5, 5.41) is 12.5. The van der Waals surface area contributed by atoms with E-state index in [1.54, 1.807) is 42.5 Å². The fourth-order valence-electron chi connectivity index (χ4n) is 3.15. The summed E-state index contributed by atoms with van der Waals surface area (Å²) in [4.78, 5) is 27.9. The van der Waals surface area contributed by atoms with Crippen LogP contribution in [0.2, 0.25) is 10.0 Å². The monoisotopic (exact) mass is 549 g/mol. The van der Waals surface area contributed by atoms with Crippen molar-refractivity contribution in [2.75, 3.05) is 5.32 Å². The van der Waals surface area contributed by atoms with Crippen molar-refractivity contribution in [3.8, 4) is 0 Å². The maximum Gasteiger partial charge on any atom is 0.322 e. The summed E-state index contributed by atoms with van der Waals surface area (Å²) in [5.41, 5.74) is 12.4. The molecule has 0 saturated heterocycles. The highest BCUT2D eigenvalue weighted by atomic mass is 35.5. The van der Waals surface area contributed by atoms with Crippen LogP contribution < -0.4 is 21.5 Å². The topological polar surface area (TPSA) is 177 Å². The molecule has 3 rings (SSSR count). The zero-order chi connectivity index (χ0) is 26.5. The van der Waals surface area contributed by atoms with Gasteiger partial charge in [-0.15, -0.1) is 0 Å². The molecule has 0 aliphatic carbocycles. The molecule has 0 saturated carbocycles. The number of amides is 1. The molecule has 1 amide bonds. The van der Waals surface area contributed by atoms with Crippen molar-refractivity contribution in [3.05, 3.63) is 87.9 Å². The summed E-state index contributed by atoms with van der Waals surface area (Å²) in [6.07, 6.45) is -0.155. The Bertz CT molecular complexity index is 1400. The molecule has 0 bridgehead atoms. The van der Waals surface area contributed by atoms with E-state index in [2.05, 4.69) is 15.0 Å². The van der Waals surface area contributed by atoms with Gasteiger partial charge < -0.3 is 21.9 Å². The molecule has 3 aromatic carbocycles. The SMILES string of the molecule is NC(N)=Nc1cccc(C(=O)Nc2ccc(CC(NS(=O)(=O)c3cc(Cl)cc(Cl)c3)C(=O)O)cc2)c1. The number of carboxylic acids is 1. The second kappa shape index (κ2) is 11.4. The molecule has 13 heteroatoms. The number of halogens is 2. The lowest BCUT2D eigenvalue weighted by Gasteiger charge is -2.16. The highest BCUT2D eigenvalue weighted by Gasteiger charge is 2.26. The van der Waals surface area contributed by atoms with Crippen LogP contribution in [-0.4, -0.2) is 37.4 Å². The van der Waals surface area contributed by atoms with Crippen LogP contribution in [0.1, 0.15) is 15.9 Å². The zero-order valence-electron chi connectivity index (χ0n) is 18.5. The van der Waals surface area contributed by atoms with Gasteiger partial charge in [-0.05, 0) is 60.5 Å². The molecule has 1 unspecified atom stereocenters. The van der Waals surface area contributed by atoms with Gasteiger partial charge >= 0.3 is 5.97 Å². The van der Waals surface area contributed by atoms with Crippen LogP contribution in [0.4, 0.5) is 11.4 Å². The van der Waals surface area contributed by atoms with Crippen molar-refractivity contribution in [2.45, 2.75) is 17.4 Å². The van der Waals surface area contributed by atoms with E-state index in [-0.39, 0.29) is 27.3 Å². The third-order valence-corrected chi connectivity index (χ3v) is 6.65. The second-order valence-electron chi connectivity index (χ2n) is 7.56. The van der Waals surface area contributed by atoms with Gasteiger partial charge in [0.05, 0.1) is 10.6 Å². The van der Waals surface area contributed by atoms with E-state index in [0.717, 1.165) is 0 Å². The van der Waals surface area contributed by atoms with Gasteiger partial charge in [0.25, 0.3) is 5.91 Å². The van der Waals surface area contributed by atoms with Crippen molar-refractivity contribution in [2.24, 2.45) is 16.5 Å². The number of sulfonamides is 1. The number of nitrogens with two attached hydrogens (primary N) is 2. The quantitative estimate of drug-likeness (QED) is 0.201. The smallest absolute Gasteiger partial charge is 0.322 e. The van der Waals surface area contributed by atoms with Crippen LogP contribution >= 0.6 is 23.2 Å². The van der Waals surface area contributed by atoms with E-state index in [1.807, 2.05) is 0 Å². The van der Waals surface area contributed by atoms with Gasteiger partial charge in [-0.2, -0.15) is 4.72 Å². The van der Waals surface area contributed by atoms with Gasteiger partial charge in [-0.25, -0.2) is 13.4 Å². The second-order valence-corrected chi connectivity index (χ2v) is 10.1. The first kappa shape index (κ1) is 27.0. The molecular weight excluding hydrogens is 529 g/mol. The van der Waals surface area contributed by atoms with Gasteiger partial charge in [-0.1, -0.05) is 41.4 Å². The molecule has 0 heterocycles. The van der Waals surface area contributed by atoms with Crippen LogP contribution in [0.15, 0.2) is 76.6 Å². The normalized spacial score (nSPS) is 11.9. The van der Waals surface area contributed by atoms with E-state index < -0.39 is 27.9 Å². The molecule has 3 aromatic rings. The average molecular weight is 550 g/mol. The number of nitrogens with zero attached hydrogens (tertiary/aromatic N) is 1. The third kappa shape index (κ3) is 7.43. The first-order valence-corrected chi connectivity index (χ1v) is 12.5. The summed E-state index contributed by atoms with van der Waals surface area (Å²) in [5.74, 6) is -1.92. The largest absolute Gasteiger partial charge is 0.480 e. The molecule has 0 aliphatic rings. The minimum atomic E-state index is -4.22. The summed E-state index contributed by atoms with van der Waals surface area (Å²) in [7, 11) is -4.22. The predicted octanol–water partition coefficient (Wildman–Crippen LogP) is 3.12. The van der Waals surface area contributed by atoms with Gasteiger partial charge in [0, 0.05) is 21.3 Å². The van der Waals surface area contributed by atoms with Crippen LogP contribution in [-0.2, 0) is 21.2 Å². The summed E-state index contributed by atoms with van der Waals surface area (Å²) in [6, 6.07) is 14.9. The van der Waals surface area contributed by atoms with E-state index in [1.165, 1.54) is 24.3 Å². The summed E-state index contributed by atoms with van der Waals surface area (Å²) < 4.78 is 27.5. The molecule has 0 aromatic heterocycles. The van der Waals surface area contributed by atoms with Crippen LogP contribution in [0.3, 0.4) is 0 Å². The van der Waals surface area contributed by atoms with Gasteiger partial charge in [0.2, 0.25) is 10.0 Å². The Kier molecular flexibility index (Phi) is 8.53. The number of nitrogens with one attached hydrogen (secondary N) is 2. The number of guanidine groups is 1. The van der Waals surface area contributed by atoms with Crippen molar-refractivity contribution < 1.29 is 23.1 Å². The molecule has 0 fully saturated rings. The van der Waals surface area contributed by atoms with Crippen molar-refractivity contribution in [3.63, 3.8) is 0 Å². The lowest BCUT2D eigenvalue weighted by Crippen LogP contribution is -2.42. The molecule has 188 valence electrons. The fourth-order valence-corrected chi connectivity index (χ4v) is 5.06. The Balaban J connectivity index is 1.70. The van der Waals surface area contributed by atoms with Crippen LogP contribution in [0.5, 0.6) is 0 Å². The number of benzene rings is 3. The van der Waals surface area contributed by atoms with E-state index in [4.69, 9.17) is 34.7 Å². The number of aliphatic imine (C=N–C) groups is 1. The number of carbonyl (C=O) groups is 2. The van der Waals surface area contributed by atoms with E-state index in [0.29, 0.717) is 22.5 Å². The fraction of sp³-hybridized carbons (Fsp3) is 0.0870. The number of aliphatic carboxylic acids is 1. The summed E-state index contributed by atoms with van der Waals surface area (Å²) in [6.45, 7) is 0. The maximum atomic E-state index is 12.7. The number of hydrogen-bond acceptors (Lipinski definition) is 5. The van der Waals surface area contributed by atoms with E-state index in [9.17, 15) is 23.1 Å². The van der Waals surface area contributed by atoms with Crippen molar-refractivity contribution in [1.82, 2.24) is 4.72 Å². The molecule has 0 spiro atoms. The third-order valence-electron chi connectivity index (χ3n) is 4.76. The van der Waals surface area contributed by atoms with Crippen LogP contribution in [0, 0.1) is 0 Å². The highest BCUT2D eigenvalue weighted by molar-refractivity contribution is 7.89. The Labute approximate surface area is 217 Å². The summed E-state index contributed by atoms with van der Waals surface area (Å²) >= 11 is 11.7. The molecule has 0 radical (unpaired) electrons. The number of rotatable bonds is 9.